The Balaban J connectivity index is 2.13. The van der Waals surface area contributed by atoms with Crippen molar-refractivity contribution in [2.24, 2.45) is 0 Å². The van der Waals surface area contributed by atoms with Gasteiger partial charge in [0.2, 0.25) is 0 Å². The highest BCUT2D eigenvalue weighted by atomic mass is 32.1. The Morgan fingerprint density at radius 3 is 2.69 bits per heavy atom. The highest BCUT2D eigenvalue weighted by Gasteiger charge is 2.03. The minimum atomic E-state index is 0.689. The summed E-state index contributed by atoms with van der Waals surface area (Å²) in [5.41, 5.74) is 1.43. The second kappa shape index (κ2) is 7.82. The lowest BCUT2D eigenvalue weighted by molar-refractivity contribution is 0.314. The molecule has 0 bridgehead atoms. The van der Waals surface area contributed by atoms with Crippen molar-refractivity contribution in [3.63, 3.8) is 0 Å². The Bertz CT molecular complexity index is 255. The number of nitrogens with one attached hydrogen (secondary N) is 1. The van der Waals surface area contributed by atoms with Gasteiger partial charge in [0.25, 0.3) is 0 Å². The molecular weight excluding hydrogens is 216 g/mol. The van der Waals surface area contributed by atoms with Gasteiger partial charge in [-0.15, -0.1) is 0 Å². The van der Waals surface area contributed by atoms with Crippen LogP contribution in [0.5, 0.6) is 0 Å². The first-order valence-corrected chi connectivity index (χ1v) is 7.13. The van der Waals surface area contributed by atoms with Gasteiger partial charge in [-0.05, 0) is 42.3 Å². The molecule has 1 rings (SSSR count). The predicted molar refractivity (Wildman–Crippen MR) is 73.0 cm³/mol. The second-order valence-corrected chi connectivity index (χ2v) is 5.12. The van der Waals surface area contributed by atoms with E-state index in [4.69, 9.17) is 0 Å². The maximum absolute atomic E-state index is 3.59. The van der Waals surface area contributed by atoms with Crippen molar-refractivity contribution in [3.05, 3.63) is 22.4 Å². The summed E-state index contributed by atoms with van der Waals surface area (Å²) < 4.78 is 0. The van der Waals surface area contributed by atoms with E-state index in [1.807, 2.05) is 0 Å². The van der Waals surface area contributed by atoms with E-state index in [9.17, 15) is 0 Å². The molecule has 92 valence electrons. The zero-order valence-corrected chi connectivity index (χ0v) is 11.5. The van der Waals surface area contributed by atoms with Crippen molar-refractivity contribution in [1.29, 1.82) is 0 Å². The quantitative estimate of drug-likeness (QED) is 0.751. The van der Waals surface area contributed by atoms with E-state index in [0.29, 0.717) is 6.04 Å². The van der Waals surface area contributed by atoms with Crippen molar-refractivity contribution >= 4 is 11.3 Å². The third-order valence-electron chi connectivity index (χ3n) is 2.94. The molecule has 0 saturated heterocycles. The summed E-state index contributed by atoms with van der Waals surface area (Å²) >= 11 is 1.78. The summed E-state index contributed by atoms with van der Waals surface area (Å²) in [6, 6.07) is 2.89. The summed E-state index contributed by atoms with van der Waals surface area (Å²) in [6.07, 6.45) is 2.45. The van der Waals surface area contributed by atoms with Crippen molar-refractivity contribution in [2.75, 3.05) is 20.1 Å². The van der Waals surface area contributed by atoms with Gasteiger partial charge in [-0.25, -0.2) is 0 Å². The van der Waals surface area contributed by atoms with Crippen LogP contribution in [0.2, 0.25) is 0 Å². The molecule has 0 aliphatic heterocycles. The molecule has 2 nitrogen and oxygen atoms in total. The van der Waals surface area contributed by atoms with Gasteiger partial charge in [-0.2, -0.15) is 11.3 Å². The maximum Gasteiger partial charge on any atom is 0.0239 e. The maximum atomic E-state index is 3.59. The first-order chi connectivity index (χ1) is 7.76. The van der Waals surface area contributed by atoms with Gasteiger partial charge in [-0.1, -0.05) is 13.8 Å². The van der Waals surface area contributed by atoms with Crippen LogP contribution >= 0.6 is 11.3 Å². The molecule has 0 fully saturated rings. The van der Waals surface area contributed by atoms with Crippen LogP contribution in [0.25, 0.3) is 0 Å². The molecule has 1 N–H and O–H groups in total. The van der Waals surface area contributed by atoms with E-state index >= 15 is 0 Å². The standard InChI is InChI=1S/C13H24N2S/c1-4-13(5-2)14-7-8-15(3)10-12-6-9-16-11-12/h6,9,11,13-14H,4-5,7-8,10H2,1-3H3. The second-order valence-electron chi connectivity index (χ2n) is 4.34. The lowest BCUT2D eigenvalue weighted by Crippen LogP contribution is -2.34. The van der Waals surface area contributed by atoms with Crippen molar-refractivity contribution in [3.8, 4) is 0 Å². The van der Waals surface area contributed by atoms with Crippen molar-refractivity contribution in [1.82, 2.24) is 10.2 Å². The van der Waals surface area contributed by atoms with Gasteiger partial charge in [-0.3, -0.25) is 0 Å². The molecule has 0 atom stereocenters. The molecule has 0 radical (unpaired) electrons. The average Bonchev–Trinajstić information content (AvgIpc) is 2.77. The molecule has 1 aromatic heterocycles. The number of thiophene rings is 1. The Hall–Kier alpha value is -0.380. The first-order valence-electron chi connectivity index (χ1n) is 6.19. The third kappa shape index (κ3) is 5.10. The molecule has 0 spiro atoms. The molecule has 0 aromatic carbocycles. The minimum Gasteiger partial charge on any atom is -0.313 e. The summed E-state index contributed by atoms with van der Waals surface area (Å²) in [4.78, 5) is 2.37. The van der Waals surface area contributed by atoms with Crippen LogP contribution in [-0.2, 0) is 6.54 Å². The lowest BCUT2D eigenvalue weighted by atomic mass is 10.2. The normalized spacial score (nSPS) is 11.6. The average molecular weight is 240 g/mol. The molecule has 0 amide bonds. The van der Waals surface area contributed by atoms with Crippen molar-refractivity contribution < 1.29 is 0 Å². The number of hydrogen-bond donors (Lipinski definition) is 1. The molecule has 0 aliphatic rings. The highest BCUT2D eigenvalue weighted by molar-refractivity contribution is 7.07. The van der Waals surface area contributed by atoms with Gasteiger partial charge < -0.3 is 10.2 Å². The summed E-state index contributed by atoms with van der Waals surface area (Å²) in [5, 5.41) is 7.96. The predicted octanol–water partition coefficient (Wildman–Crippen LogP) is 2.96. The molecule has 1 heterocycles. The SMILES string of the molecule is CCC(CC)NCCN(C)Cc1ccsc1. The van der Waals surface area contributed by atoms with E-state index < -0.39 is 0 Å². The van der Waals surface area contributed by atoms with Crippen LogP contribution in [0.15, 0.2) is 16.8 Å². The fourth-order valence-corrected chi connectivity index (χ4v) is 2.47. The van der Waals surface area contributed by atoms with Crippen LogP contribution in [-0.4, -0.2) is 31.1 Å². The fourth-order valence-electron chi connectivity index (χ4n) is 1.81. The summed E-state index contributed by atoms with van der Waals surface area (Å²) in [5.74, 6) is 0. The van der Waals surface area contributed by atoms with E-state index in [0.717, 1.165) is 19.6 Å². The van der Waals surface area contributed by atoms with Gasteiger partial charge in [0, 0.05) is 25.7 Å². The number of rotatable bonds is 8. The molecule has 0 unspecified atom stereocenters. The van der Waals surface area contributed by atoms with Gasteiger partial charge in [0.05, 0.1) is 0 Å². The molecule has 0 saturated carbocycles. The Morgan fingerprint density at radius 1 is 1.38 bits per heavy atom. The summed E-state index contributed by atoms with van der Waals surface area (Å²) in [6.45, 7) is 7.76. The molecule has 1 aromatic rings. The van der Waals surface area contributed by atoms with Crippen LogP contribution in [0.1, 0.15) is 32.3 Å². The van der Waals surface area contributed by atoms with Gasteiger partial charge in [0.1, 0.15) is 0 Å². The molecule has 0 aliphatic carbocycles. The fraction of sp³-hybridized carbons (Fsp3) is 0.692. The van der Waals surface area contributed by atoms with Crippen LogP contribution in [0.4, 0.5) is 0 Å². The zero-order valence-electron chi connectivity index (χ0n) is 10.7. The number of nitrogens with zero attached hydrogens (tertiary/aromatic N) is 1. The van der Waals surface area contributed by atoms with E-state index in [1.54, 1.807) is 11.3 Å². The highest BCUT2D eigenvalue weighted by Crippen LogP contribution is 2.07. The first kappa shape index (κ1) is 13.7. The topological polar surface area (TPSA) is 15.3 Å². The Morgan fingerprint density at radius 2 is 2.12 bits per heavy atom. The molecule has 16 heavy (non-hydrogen) atoms. The smallest absolute Gasteiger partial charge is 0.0239 e. The van der Waals surface area contributed by atoms with E-state index in [-0.39, 0.29) is 0 Å². The zero-order chi connectivity index (χ0) is 11.8. The molecule has 3 heteroatoms. The van der Waals surface area contributed by atoms with E-state index in [1.165, 1.54) is 18.4 Å². The molecular formula is C13H24N2S. The number of hydrogen-bond acceptors (Lipinski definition) is 3. The van der Waals surface area contributed by atoms with Gasteiger partial charge in [0.15, 0.2) is 0 Å². The minimum absolute atomic E-state index is 0.689. The largest absolute Gasteiger partial charge is 0.313 e. The van der Waals surface area contributed by atoms with Crippen molar-refractivity contribution in [2.45, 2.75) is 39.3 Å². The monoisotopic (exact) mass is 240 g/mol. The van der Waals surface area contributed by atoms with Crippen LogP contribution in [0, 0.1) is 0 Å². The lowest BCUT2D eigenvalue weighted by Gasteiger charge is -2.19. The van der Waals surface area contributed by atoms with Crippen LogP contribution < -0.4 is 5.32 Å². The Labute approximate surface area is 104 Å². The third-order valence-corrected chi connectivity index (χ3v) is 3.68. The van der Waals surface area contributed by atoms with E-state index in [2.05, 4.69) is 47.9 Å². The summed E-state index contributed by atoms with van der Waals surface area (Å²) in [7, 11) is 2.19. The van der Waals surface area contributed by atoms with Gasteiger partial charge >= 0.3 is 0 Å². The van der Waals surface area contributed by atoms with Crippen LogP contribution in [0.3, 0.4) is 0 Å². The Kier molecular flexibility index (Phi) is 6.69. The number of likely N-dealkylation sites (N-methyl/N-ethyl adjacent to an activating group) is 1.